The quantitative estimate of drug-likeness (QED) is 0.562. The minimum absolute atomic E-state index is 0.0104. The summed E-state index contributed by atoms with van der Waals surface area (Å²) < 4.78 is 15.6. The average Bonchev–Trinajstić information content (AvgIpc) is 2.43. The Morgan fingerprint density at radius 1 is 1.55 bits per heavy atom. The van der Waals surface area contributed by atoms with Crippen LogP contribution in [0.3, 0.4) is 0 Å². The lowest BCUT2D eigenvalue weighted by Crippen LogP contribution is -2.42. The summed E-state index contributed by atoms with van der Waals surface area (Å²) in [7, 11) is 1.62. The van der Waals surface area contributed by atoms with Gasteiger partial charge in [0.05, 0.1) is 12.7 Å². The van der Waals surface area contributed by atoms with Crippen molar-refractivity contribution in [3.63, 3.8) is 0 Å². The highest BCUT2D eigenvalue weighted by Crippen LogP contribution is 2.28. The number of hydrogen-bond donors (Lipinski definition) is 1. The van der Waals surface area contributed by atoms with Gasteiger partial charge in [-0.15, -0.1) is 0 Å². The number of ether oxygens (including phenoxy) is 3. The average molecular weight is 160 g/mol. The van der Waals surface area contributed by atoms with Crippen LogP contribution in [0, 0.1) is 0 Å². The van der Waals surface area contributed by atoms with E-state index in [9.17, 15) is 5.11 Å². The molecule has 2 bridgehead atoms. The van der Waals surface area contributed by atoms with E-state index in [0.29, 0.717) is 13.0 Å². The van der Waals surface area contributed by atoms with E-state index in [0.717, 1.165) is 0 Å². The summed E-state index contributed by atoms with van der Waals surface area (Å²) in [5.74, 6) is 0. The van der Waals surface area contributed by atoms with Crippen molar-refractivity contribution in [1.29, 1.82) is 0 Å². The van der Waals surface area contributed by atoms with Crippen LogP contribution in [0.4, 0.5) is 0 Å². The summed E-state index contributed by atoms with van der Waals surface area (Å²) in [6.07, 6.45) is -0.312. The Bertz CT molecular complexity index is 149. The molecule has 4 heteroatoms. The highest BCUT2D eigenvalue weighted by atomic mass is 16.7. The van der Waals surface area contributed by atoms with Crippen LogP contribution in [0.5, 0.6) is 0 Å². The zero-order chi connectivity index (χ0) is 7.84. The van der Waals surface area contributed by atoms with Crippen LogP contribution in [0.25, 0.3) is 0 Å². The molecule has 1 N–H and O–H groups in total. The fourth-order valence-electron chi connectivity index (χ4n) is 1.59. The lowest BCUT2D eigenvalue weighted by atomic mass is 10.1. The first kappa shape index (κ1) is 7.49. The van der Waals surface area contributed by atoms with E-state index < -0.39 is 12.4 Å². The van der Waals surface area contributed by atoms with Crippen LogP contribution in [-0.4, -0.2) is 43.4 Å². The number of aliphatic hydroxyl groups excluding tert-OH is 1. The second kappa shape index (κ2) is 2.71. The molecule has 0 unspecified atom stereocenters. The van der Waals surface area contributed by atoms with Gasteiger partial charge < -0.3 is 19.3 Å². The zero-order valence-electron chi connectivity index (χ0n) is 6.40. The number of hydrogen-bond acceptors (Lipinski definition) is 4. The first-order valence-electron chi connectivity index (χ1n) is 3.79. The van der Waals surface area contributed by atoms with Gasteiger partial charge in [-0.3, -0.25) is 0 Å². The molecule has 0 aliphatic carbocycles. The Kier molecular flexibility index (Phi) is 1.85. The minimum Gasteiger partial charge on any atom is -0.388 e. The molecular weight excluding hydrogens is 148 g/mol. The molecule has 11 heavy (non-hydrogen) atoms. The summed E-state index contributed by atoms with van der Waals surface area (Å²) >= 11 is 0. The van der Waals surface area contributed by atoms with Gasteiger partial charge in [0, 0.05) is 13.5 Å². The minimum atomic E-state index is -0.529. The predicted octanol–water partition coefficient (Wildman–Crippen LogP) is -0.493. The topological polar surface area (TPSA) is 47.9 Å². The molecule has 2 fully saturated rings. The van der Waals surface area contributed by atoms with Crippen molar-refractivity contribution in [3.05, 3.63) is 0 Å². The van der Waals surface area contributed by atoms with Crippen molar-refractivity contribution in [3.8, 4) is 0 Å². The van der Waals surface area contributed by atoms with Crippen LogP contribution in [-0.2, 0) is 14.2 Å². The maximum absolute atomic E-state index is 9.37. The van der Waals surface area contributed by atoms with Gasteiger partial charge in [0.2, 0.25) is 0 Å². The number of methoxy groups -OCH3 is 1. The third-order valence-corrected chi connectivity index (χ3v) is 2.24. The Morgan fingerprint density at radius 3 is 3.09 bits per heavy atom. The first-order chi connectivity index (χ1) is 5.31. The smallest absolute Gasteiger partial charge is 0.184 e. The van der Waals surface area contributed by atoms with Crippen molar-refractivity contribution < 1.29 is 19.3 Å². The molecule has 64 valence electrons. The summed E-state index contributed by atoms with van der Waals surface area (Å²) in [5, 5.41) is 9.37. The largest absolute Gasteiger partial charge is 0.388 e. The Balaban J connectivity index is 2.05. The van der Waals surface area contributed by atoms with Crippen LogP contribution < -0.4 is 0 Å². The highest BCUT2D eigenvalue weighted by Gasteiger charge is 2.43. The van der Waals surface area contributed by atoms with Gasteiger partial charge >= 0.3 is 0 Å². The van der Waals surface area contributed by atoms with Crippen LogP contribution >= 0.6 is 0 Å². The molecule has 2 heterocycles. The fourth-order valence-corrected chi connectivity index (χ4v) is 1.59. The van der Waals surface area contributed by atoms with Crippen molar-refractivity contribution in [1.82, 2.24) is 0 Å². The fraction of sp³-hybridized carbons (Fsp3) is 1.00. The molecule has 2 rings (SSSR count). The molecule has 4 nitrogen and oxygen atoms in total. The number of rotatable bonds is 1. The SMILES string of the molecule is CO[C@H]1C[C@H](O)[C@@H]2OC[C@H]1O2. The summed E-state index contributed by atoms with van der Waals surface area (Å²) in [5.41, 5.74) is 0. The van der Waals surface area contributed by atoms with Gasteiger partial charge in [-0.05, 0) is 0 Å². The molecule has 4 atom stereocenters. The summed E-state index contributed by atoms with van der Waals surface area (Å²) in [4.78, 5) is 0. The van der Waals surface area contributed by atoms with E-state index in [2.05, 4.69) is 0 Å². The van der Waals surface area contributed by atoms with E-state index in [1.807, 2.05) is 0 Å². The normalized spacial score (nSPS) is 49.6. The number of fused-ring (bicyclic) bond motifs is 2. The predicted molar refractivity (Wildman–Crippen MR) is 36.0 cm³/mol. The first-order valence-corrected chi connectivity index (χ1v) is 3.79. The van der Waals surface area contributed by atoms with Crippen molar-refractivity contribution in [2.24, 2.45) is 0 Å². The molecule has 2 saturated heterocycles. The molecule has 0 aromatic heterocycles. The molecule has 0 amide bonds. The van der Waals surface area contributed by atoms with Crippen molar-refractivity contribution in [2.75, 3.05) is 13.7 Å². The maximum Gasteiger partial charge on any atom is 0.184 e. The lowest BCUT2D eigenvalue weighted by Gasteiger charge is -2.29. The lowest BCUT2D eigenvalue weighted by molar-refractivity contribution is -0.186. The standard InChI is InChI=1S/C7H12O4/c1-9-5-2-4(8)7-10-3-6(5)11-7/h4-8H,2-3H2,1H3/t4-,5-,6+,7+/m0/s1. The second-order valence-electron chi connectivity index (χ2n) is 2.95. The van der Waals surface area contributed by atoms with Crippen LogP contribution in [0.15, 0.2) is 0 Å². The van der Waals surface area contributed by atoms with Gasteiger partial charge in [0.15, 0.2) is 6.29 Å². The molecular formula is C7H12O4. The summed E-state index contributed by atoms with van der Waals surface area (Å²) in [6, 6.07) is 0. The van der Waals surface area contributed by atoms with Gasteiger partial charge in [0.25, 0.3) is 0 Å². The van der Waals surface area contributed by atoms with E-state index >= 15 is 0 Å². The third kappa shape index (κ3) is 1.16. The third-order valence-electron chi connectivity index (χ3n) is 2.24. The highest BCUT2D eigenvalue weighted by molar-refractivity contribution is 4.86. The Hall–Kier alpha value is -0.160. The van der Waals surface area contributed by atoms with E-state index in [1.165, 1.54) is 0 Å². The molecule has 0 aromatic carbocycles. The van der Waals surface area contributed by atoms with Gasteiger partial charge in [-0.2, -0.15) is 0 Å². The van der Waals surface area contributed by atoms with E-state index in [1.54, 1.807) is 7.11 Å². The maximum atomic E-state index is 9.37. The Morgan fingerprint density at radius 2 is 2.36 bits per heavy atom. The van der Waals surface area contributed by atoms with Crippen molar-refractivity contribution in [2.45, 2.75) is 31.0 Å². The molecule has 0 saturated carbocycles. The molecule has 0 spiro atoms. The molecule has 0 aromatic rings. The Labute approximate surface area is 65.1 Å². The van der Waals surface area contributed by atoms with Crippen LogP contribution in [0.1, 0.15) is 6.42 Å². The molecule has 0 radical (unpaired) electrons. The summed E-state index contributed by atoms with van der Waals surface area (Å²) in [6.45, 7) is 0.542. The molecule has 2 aliphatic rings. The van der Waals surface area contributed by atoms with Gasteiger partial charge in [0.1, 0.15) is 12.2 Å². The van der Waals surface area contributed by atoms with Gasteiger partial charge in [-0.25, -0.2) is 0 Å². The van der Waals surface area contributed by atoms with Crippen LogP contribution in [0.2, 0.25) is 0 Å². The van der Waals surface area contributed by atoms with E-state index in [4.69, 9.17) is 14.2 Å². The zero-order valence-corrected chi connectivity index (χ0v) is 6.40. The monoisotopic (exact) mass is 160 g/mol. The molecule has 2 aliphatic heterocycles. The van der Waals surface area contributed by atoms with Crippen molar-refractivity contribution >= 4 is 0 Å². The number of aliphatic hydroxyl groups is 1. The van der Waals surface area contributed by atoms with E-state index in [-0.39, 0.29) is 12.2 Å². The second-order valence-corrected chi connectivity index (χ2v) is 2.95. The van der Waals surface area contributed by atoms with Gasteiger partial charge in [-0.1, -0.05) is 0 Å².